The van der Waals surface area contributed by atoms with E-state index >= 15 is 0 Å². The summed E-state index contributed by atoms with van der Waals surface area (Å²) in [6, 6.07) is 15.4. The van der Waals surface area contributed by atoms with Gasteiger partial charge in [0, 0.05) is 12.5 Å². The van der Waals surface area contributed by atoms with Crippen LogP contribution in [0.4, 0.5) is 0 Å². The lowest BCUT2D eigenvalue weighted by Crippen LogP contribution is -2.27. The average Bonchev–Trinajstić information content (AvgIpc) is 3.27. The summed E-state index contributed by atoms with van der Waals surface area (Å²) in [5.74, 6) is 1.57. The number of carbonyl (C=O) groups is 1. The third kappa shape index (κ3) is 3.44. The molecule has 1 amide bonds. The van der Waals surface area contributed by atoms with Gasteiger partial charge in [-0.3, -0.25) is 4.79 Å². The summed E-state index contributed by atoms with van der Waals surface area (Å²) in [5, 5.41) is 6.90. The van der Waals surface area contributed by atoms with Crippen LogP contribution >= 0.6 is 0 Å². The van der Waals surface area contributed by atoms with Crippen LogP contribution in [0.1, 0.15) is 45.7 Å². The minimum atomic E-state index is -0.0768. The fourth-order valence-corrected chi connectivity index (χ4v) is 3.20. The van der Waals surface area contributed by atoms with Crippen molar-refractivity contribution in [2.24, 2.45) is 0 Å². The highest BCUT2D eigenvalue weighted by atomic mass is 16.5. The number of amides is 1. The van der Waals surface area contributed by atoms with Crippen LogP contribution < -0.4 is 10.1 Å². The van der Waals surface area contributed by atoms with Crippen LogP contribution in [0.2, 0.25) is 0 Å². The van der Waals surface area contributed by atoms with Crippen molar-refractivity contribution in [1.29, 1.82) is 0 Å². The first-order chi connectivity index (χ1) is 12.7. The minimum Gasteiger partial charge on any atom is -0.485 e. The minimum absolute atomic E-state index is 0.0768. The van der Waals surface area contributed by atoms with Gasteiger partial charge >= 0.3 is 0 Å². The number of benzene rings is 2. The number of carbonyl (C=O) groups excluding carboxylic acids is 1. The van der Waals surface area contributed by atoms with Gasteiger partial charge in [0.2, 0.25) is 11.7 Å². The number of aryl methyl sites for hydroxylation is 2. The Hall–Kier alpha value is -3.15. The van der Waals surface area contributed by atoms with Crippen molar-refractivity contribution in [3.63, 3.8) is 0 Å². The van der Waals surface area contributed by atoms with Gasteiger partial charge < -0.3 is 14.6 Å². The van der Waals surface area contributed by atoms with E-state index in [0.717, 1.165) is 12.8 Å². The summed E-state index contributed by atoms with van der Waals surface area (Å²) >= 11 is 0. The second kappa shape index (κ2) is 7.00. The normalized spacial score (nSPS) is 15.5. The zero-order valence-electron chi connectivity index (χ0n) is 14.4. The Balaban J connectivity index is 1.37. The van der Waals surface area contributed by atoms with Crippen molar-refractivity contribution in [1.82, 2.24) is 15.5 Å². The van der Waals surface area contributed by atoms with Crippen LogP contribution in [-0.2, 0) is 13.0 Å². The van der Waals surface area contributed by atoms with E-state index in [9.17, 15) is 4.79 Å². The SMILES string of the molecule is Cc1nc(COc2ccc(C(=O)NC3CCc4ccccc43)cc2)no1. The number of ether oxygens (including phenoxy) is 1. The lowest BCUT2D eigenvalue weighted by Gasteiger charge is -2.14. The van der Waals surface area contributed by atoms with E-state index in [0.29, 0.717) is 23.0 Å². The molecule has 1 atom stereocenters. The Morgan fingerprint density at radius 1 is 1.23 bits per heavy atom. The zero-order chi connectivity index (χ0) is 17.9. The highest BCUT2D eigenvalue weighted by molar-refractivity contribution is 5.94. The van der Waals surface area contributed by atoms with Gasteiger partial charge in [0.25, 0.3) is 5.91 Å². The number of nitrogens with zero attached hydrogens (tertiary/aromatic N) is 2. The van der Waals surface area contributed by atoms with Crippen LogP contribution in [0, 0.1) is 6.92 Å². The molecule has 0 saturated heterocycles. The molecule has 1 aliphatic carbocycles. The molecule has 1 unspecified atom stereocenters. The van der Waals surface area contributed by atoms with Crippen molar-refractivity contribution >= 4 is 5.91 Å². The number of nitrogens with one attached hydrogen (secondary N) is 1. The highest BCUT2D eigenvalue weighted by Gasteiger charge is 2.23. The van der Waals surface area contributed by atoms with Gasteiger partial charge in [-0.15, -0.1) is 0 Å². The summed E-state index contributed by atoms with van der Waals surface area (Å²) in [6.07, 6.45) is 1.94. The Labute approximate surface area is 151 Å². The number of hydrogen-bond acceptors (Lipinski definition) is 5. The smallest absolute Gasteiger partial charge is 0.251 e. The lowest BCUT2D eigenvalue weighted by molar-refractivity contribution is 0.0936. The second-order valence-electron chi connectivity index (χ2n) is 6.31. The van der Waals surface area contributed by atoms with Crippen LogP contribution in [0.25, 0.3) is 0 Å². The quantitative estimate of drug-likeness (QED) is 0.764. The first-order valence-electron chi connectivity index (χ1n) is 8.60. The number of hydrogen-bond donors (Lipinski definition) is 1. The molecular formula is C20H19N3O3. The molecule has 2 aromatic carbocycles. The fraction of sp³-hybridized carbons (Fsp3) is 0.250. The van der Waals surface area contributed by atoms with E-state index in [-0.39, 0.29) is 18.6 Å². The maximum absolute atomic E-state index is 12.5. The van der Waals surface area contributed by atoms with Gasteiger partial charge in [-0.05, 0) is 48.2 Å². The predicted molar refractivity (Wildman–Crippen MR) is 94.8 cm³/mol. The maximum Gasteiger partial charge on any atom is 0.251 e. The Bertz CT molecular complexity index is 918. The van der Waals surface area contributed by atoms with Crippen molar-refractivity contribution in [3.8, 4) is 5.75 Å². The summed E-state index contributed by atoms with van der Waals surface area (Å²) < 4.78 is 10.5. The first-order valence-corrected chi connectivity index (χ1v) is 8.60. The van der Waals surface area contributed by atoms with E-state index in [1.807, 2.05) is 12.1 Å². The molecule has 0 aliphatic heterocycles. The Morgan fingerprint density at radius 3 is 2.81 bits per heavy atom. The molecule has 1 aromatic heterocycles. The van der Waals surface area contributed by atoms with Crippen molar-refractivity contribution in [2.75, 3.05) is 0 Å². The molecule has 4 rings (SSSR count). The monoisotopic (exact) mass is 349 g/mol. The zero-order valence-corrected chi connectivity index (χ0v) is 14.4. The highest BCUT2D eigenvalue weighted by Crippen LogP contribution is 2.30. The molecule has 0 fully saturated rings. The summed E-state index contributed by atoms with van der Waals surface area (Å²) in [4.78, 5) is 16.6. The van der Waals surface area contributed by atoms with Gasteiger partial charge in [0.1, 0.15) is 5.75 Å². The van der Waals surface area contributed by atoms with Gasteiger partial charge in [0.05, 0.1) is 6.04 Å². The molecular weight excluding hydrogens is 330 g/mol. The van der Waals surface area contributed by atoms with E-state index < -0.39 is 0 Å². The van der Waals surface area contributed by atoms with Gasteiger partial charge in [-0.1, -0.05) is 29.4 Å². The van der Waals surface area contributed by atoms with Crippen LogP contribution in [0.5, 0.6) is 5.75 Å². The molecule has 1 aliphatic rings. The summed E-state index contributed by atoms with van der Waals surface area (Å²) in [5.41, 5.74) is 3.14. The van der Waals surface area contributed by atoms with Gasteiger partial charge in [0.15, 0.2) is 6.61 Å². The van der Waals surface area contributed by atoms with Crippen LogP contribution in [-0.4, -0.2) is 16.0 Å². The third-order valence-electron chi connectivity index (χ3n) is 4.49. The van der Waals surface area contributed by atoms with Crippen LogP contribution in [0.3, 0.4) is 0 Å². The molecule has 6 nitrogen and oxygen atoms in total. The Morgan fingerprint density at radius 2 is 2.04 bits per heavy atom. The first kappa shape index (κ1) is 16.3. The van der Waals surface area contributed by atoms with Gasteiger partial charge in [-0.25, -0.2) is 0 Å². The average molecular weight is 349 g/mol. The van der Waals surface area contributed by atoms with Crippen LogP contribution in [0.15, 0.2) is 53.1 Å². The molecule has 132 valence electrons. The molecule has 3 aromatic rings. The topological polar surface area (TPSA) is 77.2 Å². The molecule has 26 heavy (non-hydrogen) atoms. The molecule has 0 saturated carbocycles. The number of rotatable bonds is 5. The summed E-state index contributed by atoms with van der Waals surface area (Å²) in [6.45, 7) is 1.95. The van der Waals surface area contributed by atoms with E-state index in [4.69, 9.17) is 9.26 Å². The second-order valence-corrected chi connectivity index (χ2v) is 6.31. The fourth-order valence-electron chi connectivity index (χ4n) is 3.20. The van der Waals surface area contributed by atoms with E-state index in [1.54, 1.807) is 31.2 Å². The molecule has 1 N–H and O–H groups in total. The van der Waals surface area contributed by atoms with E-state index in [2.05, 4.69) is 27.6 Å². The molecule has 6 heteroatoms. The Kier molecular flexibility index (Phi) is 4.39. The molecule has 0 spiro atoms. The molecule has 0 radical (unpaired) electrons. The van der Waals surface area contributed by atoms with Crippen molar-refractivity contribution in [2.45, 2.75) is 32.4 Å². The largest absolute Gasteiger partial charge is 0.485 e. The predicted octanol–water partition coefficient (Wildman–Crippen LogP) is 3.37. The summed E-state index contributed by atoms with van der Waals surface area (Å²) in [7, 11) is 0. The van der Waals surface area contributed by atoms with Crippen molar-refractivity contribution < 1.29 is 14.1 Å². The number of fused-ring (bicyclic) bond motifs is 1. The van der Waals surface area contributed by atoms with E-state index in [1.165, 1.54) is 11.1 Å². The third-order valence-corrected chi connectivity index (χ3v) is 4.49. The molecule has 1 heterocycles. The maximum atomic E-state index is 12.5. The lowest BCUT2D eigenvalue weighted by atomic mass is 10.1. The molecule has 0 bridgehead atoms. The van der Waals surface area contributed by atoms with Crippen molar-refractivity contribution in [3.05, 3.63) is 76.9 Å². The number of aromatic nitrogens is 2. The van der Waals surface area contributed by atoms with Gasteiger partial charge in [-0.2, -0.15) is 4.98 Å². The standard InChI is InChI=1S/C20H19N3O3/c1-13-21-19(23-26-13)12-25-16-9-6-15(7-10-16)20(24)22-18-11-8-14-4-2-3-5-17(14)18/h2-7,9-10,18H,8,11-12H2,1H3,(H,22,24).